The zero-order valence-corrected chi connectivity index (χ0v) is 46.4. The van der Waals surface area contributed by atoms with Crippen LogP contribution in [0.5, 0.6) is 0 Å². The Hall–Kier alpha value is -4.22. The second-order valence-electron chi connectivity index (χ2n) is 19.0. The van der Waals surface area contributed by atoms with Crippen molar-refractivity contribution in [2.45, 2.75) is 251 Å². The van der Waals surface area contributed by atoms with Gasteiger partial charge in [-0.2, -0.15) is 0 Å². The first-order chi connectivity index (χ1) is 35.6. The number of ether oxygens (including phenoxy) is 2. The number of hydrogen-bond donors (Lipinski definition) is 1. The van der Waals surface area contributed by atoms with Crippen LogP contribution < -0.4 is 0 Å². The molecule has 0 fully saturated rings. The van der Waals surface area contributed by atoms with E-state index in [9.17, 15) is 14.7 Å². The van der Waals surface area contributed by atoms with Crippen LogP contribution in [0.15, 0.2) is 146 Å². The van der Waals surface area contributed by atoms with Crippen LogP contribution in [0.4, 0.5) is 0 Å². The van der Waals surface area contributed by atoms with E-state index in [1.807, 2.05) is 0 Å². The molecule has 1 N–H and O–H groups in total. The lowest BCUT2D eigenvalue weighted by Crippen LogP contribution is -2.28. The molecule has 0 rings (SSSR count). The lowest BCUT2D eigenvalue weighted by molar-refractivity contribution is -0.161. The highest BCUT2D eigenvalue weighted by Crippen LogP contribution is 2.15. The minimum Gasteiger partial charge on any atom is -0.462 e. The SMILES string of the molecule is CC/C=C\C/C=C\C/C=C\C/C=C\C/C=C\C/C=C\C/C=C\C/C=C\CCCCCCCCCCCCC(=O)OC(CO)COC(=O)CCCCCCCCCCCC/C=C\C/C=C\C/C=C\C/C=C\CC. The minimum absolute atomic E-state index is 0.0777. The first kappa shape index (κ1) is 67.8. The van der Waals surface area contributed by atoms with Crippen molar-refractivity contribution in [3.8, 4) is 0 Å². The van der Waals surface area contributed by atoms with Gasteiger partial charge in [-0.25, -0.2) is 0 Å². The molecular weight excluding hydrogens is 885 g/mol. The average Bonchev–Trinajstić information content (AvgIpc) is 3.38. The summed E-state index contributed by atoms with van der Waals surface area (Å²) >= 11 is 0. The van der Waals surface area contributed by atoms with Crippen LogP contribution in [0.2, 0.25) is 0 Å². The second-order valence-corrected chi connectivity index (χ2v) is 19.0. The zero-order chi connectivity index (χ0) is 52.0. The molecule has 0 bridgehead atoms. The summed E-state index contributed by atoms with van der Waals surface area (Å²) in [5.41, 5.74) is 0. The molecule has 5 heteroatoms. The van der Waals surface area contributed by atoms with Gasteiger partial charge < -0.3 is 14.6 Å². The molecule has 0 aromatic heterocycles. The number of carbonyl (C=O) groups is 2. The van der Waals surface area contributed by atoms with Crippen molar-refractivity contribution < 1.29 is 24.2 Å². The standard InChI is InChI=1S/C67H108O5/c1-3-5-7-9-11-13-15-17-19-21-23-25-27-28-29-30-31-32-33-34-35-36-37-38-40-42-44-46-48-50-52-54-56-58-60-62-67(70)72-65(63-68)64-71-66(69)61-59-57-55-53-51-49-47-45-43-41-39-26-24-22-20-18-16-14-12-10-8-6-4-2/h5-8,11-14,17-20,23-26,28-29,31-32,34-35,37-38,65,68H,3-4,9-10,15-16,21-22,27,30,33,36,39-64H2,1-2H3/b7-5-,8-6-,13-11-,14-12-,19-17-,20-18-,25-23-,26-24-,29-28-,32-31-,35-34-,38-37-. The number of allylic oxidation sites excluding steroid dienone is 24. The highest BCUT2D eigenvalue weighted by atomic mass is 16.6. The van der Waals surface area contributed by atoms with Gasteiger partial charge in [-0.15, -0.1) is 0 Å². The van der Waals surface area contributed by atoms with Crippen molar-refractivity contribution in [1.29, 1.82) is 0 Å². The largest absolute Gasteiger partial charge is 0.462 e. The summed E-state index contributed by atoms with van der Waals surface area (Å²) in [5.74, 6) is -0.606. The van der Waals surface area contributed by atoms with Crippen molar-refractivity contribution in [1.82, 2.24) is 0 Å². The highest BCUT2D eigenvalue weighted by molar-refractivity contribution is 5.70. The van der Waals surface area contributed by atoms with Gasteiger partial charge in [0.15, 0.2) is 6.10 Å². The maximum absolute atomic E-state index is 12.3. The van der Waals surface area contributed by atoms with Gasteiger partial charge in [0, 0.05) is 12.8 Å². The molecule has 5 nitrogen and oxygen atoms in total. The molecule has 0 spiro atoms. The number of aliphatic hydroxyl groups is 1. The van der Waals surface area contributed by atoms with E-state index in [-0.39, 0.29) is 25.2 Å². The van der Waals surface area contributed by atoms with Crippen LogP contribution >= 0.6 is 0 Å². The van der Waals surface area contributed by atoms with Gasteiger partial charge >= 0.3 is 11.9 Å². The van der Waals surface area contributed by atoms with Crippen molar-refractivity contribution >= 4 is 11.9 Å². The Balaban J connectivity index is 3.57. The fourth-order valence-corrected chi connectivity index (χ4v) is 7.80. The third-order valence-corrected chi connectivity index (χ3v) is 12.1. The lowest BCUT2D eigenvalue weighted by atomic mass is 10.0. The van der Waals surface area contributed by atoms with Gasteiger partial charge in [0.2, 0.25) is 0 Å². The van der Waals surface area contributed by atoms with Crippen molar-refractivity contribution in [2.75, 3.05) is 13.2 Å². The van der Waals surface area contributed by atoms with Crippen molar-refractivity contribution in [3.05, 3.63) is 146 Å². The van der Waals surface area contributed by atoms with Crippen LogP contribution in [0.1, 0.15) is 245 Å². The molecule has 0 aliphatic heterocycles. The summed E-state index contributed by atoms with van der Waals surface area (Å²) in [4.78, 5) is 24.6. The van der Waals surface area contributed by atoms with Crippen LogP contribution in [0.25, 0.3) is 0 Å². The zero-order valence-electron chi connectivity index (χ0n) is 46.4. The Morgan fingerprint density at radius 3 is 0.833 bits per heavy atom. The number of esters is 2. The number of carbonyl (C=O) groups excluding carboxylic acids is 2. The first-order valence-corrected chi connectivity index (χ1v) is 29.4. The molecule has 1 unspecified atom stereocenters. The average molecular weight is 994 g/mol. The maximum Gasteiger partial charge on any atom is 0.306 e. The summed E-state index contributed by atoms with van der Waals surface area (Å²) in [5, 5.41) is 9.67. The maximum atomic E-state index is 12.3. The van der Waals surface area contributed by atoms with Crippen LogP contribution in [0.3, 0.4) is 0 Å². The Morgan fingerprint density at radius 2 is 0.556 bits per heavy atom. The molecule has 0 heterocycles. The molecule has 72 heavy (non-hydrogen) atoms. The summed E-state index contributed by atoms with van der Waals surface area (Å²) in [6.45, 7) is 3.91. The van der Waals surface area contributed by atoms with Gasteiger partial charge in [-0.05, 0) is 116 Å². The third-order valence-electron chi connectivity index (χ3n) is 12.1. The molecule has 0 radical (unpaired) electrons. The smallest absolute Gasteiger partial charge is 0.306 e. The van der Waals surface area contributed by atoms with E-state index in [0.29, 0.717) is 12.8 Å². The monoisotopic (exact) mass is 993 g/mol. The predicted octanol–water partition coefficient (Wildman–Crippen LogP) is 20.2. The van der Waals surface area contributed by atoms with E-state index >= 15 is 0 Å². The van der Waals surface area contributed by atoms with Crippen molar-refractivity contribution in [2.24, 2.45) is 0 Å². The van der Waals surface area contributed by atoms with Gasteiger partial charge in [-0.3, -0.25) is 9.59 Å². The topological polar surface area (TPSA) is 72.8 Å². The van der Waals surface area contributed by atoms with E-state index in [0.717, 1.165) is 116 Å². The minimum atomic E-state index is -0.787. The summed E-state index contributed by atoms with van der Waals surface area (Å²) in [7, 11) is 0. The van der Waals surface area contributed by atoms with Gasteiger partial charge in [0.1, 0.15) is 6.61 Å². The molecule has 1 atom stereocenters. The van der Waals surface area contributed by atoms with Gasteiger partial charge in [0.25, 0.3) is 0 Å². The molecule has 0 aromatic carbocycles. The van der Waals surface area contributed by atoms with Gasteiger partial charge in [0.05, 0.1) is 6.61 Å². The normalized spacial score (nSPS) is 13.3. The number of aliphatic hydroxyl groups excluding tert-OH is 1. The van der Waals surface area contributed by atoms with E-state index in [1.165, 1.54) is 103 Å². The number of unbranched alkanes of at least 4 members (excludes halogenated alkanes) is 20. The van der Waals surface area contributed by atoms with Crippen LogP contribution in [0, 0.1) is 0 Å². The first-order valence-electron chi connectivity index (χ1n) is 29.4. The molecule has 0 aliphatic carbocycles. The fourth-order valence-electron chi connectivity index (χ4n) is 7.80. The van der Waals surface area contributed by atoms with E-state index in [2.05, 4.69) is 160 Å². The molecule has 0 aliphatic rings. The molecule has 0 amide bonds. The quantitative estimate of drug-likeness (QED) is 0.0373. The number of hydrogen-bond acceptors (Lipinski definition) is 5. The molecule has 0 saturated carbocycles. The Bertz CT molecular complexity index is 1540. The Kier molecular flexibility index (Phi) is 57.5. The molecule has 406 valence electrons. The Labute approximate surface area is 444 Å². The molecule has 0 saturated heterocycles. The van der Waals surface area contributed by atoms with Gasteiger partial charge in [-0.1, -0.05) is 262 Å². The second kappa shape index (κ2) is 61.1. The third kappa shape index (κ3) is 58.4. The van der Waals surface area contributed by atoms with Crippen molar-refractivity contribution in [3.63, 3.8) is 0 Å². The summed E-state index contributed by atoms with van der Waals surface area (Å²) in [6.07, 6.45) is 92.4. The molecule has 0 aromatic rings. The van der Waals surface area contributed by atoms with E-state index < -0.39 is 6.10 Å². The highest BCUT2D eigenvalue weighted by Gasteiger charge is 2.16. The van der Waals surface area contributed by atoms with Crippen LogP contribution in [-0.2, 0) is 19.1 Å². The lowest BCUT2D eigenvalue weighted by Gasteiger charge is -2.15. The molecular formula is C67H108O5. The van der Waals surface area contributed by atoms with Crippen LogP contribution in [-0.4, -0.2) is 36.4 Å². The van der Waals surface area contributed by atoms with E-state index in [1.54, 1.807) is 0 Å². The van der Waals surface area contributed by atoms with E-state index in [4.69, 9.17) is 9.47 Å². The fraction of sp³-hybridized carbons (Fsp3) is 0.612. The predicted molar refractivity (Wildman–Crippen MR) is 315 cm³/mol. The summed E-state index contributed by atoms with van der Waals surface area (Å²) < 4.78 is 10.7. The Morgan fingerprint density at radius 1 is 0.319 bits per heavy atom. The number of rotatable bonds is 52. The summed E-state index contributed by atoms with van der Waals surface area (Å²) in [6, 6.07) is 0.